The lowest BCUT2D eigenvalue weighted by Gasteiger charge is -2.27. The number of anilines is 1. The van der Waals surface area contributed by atoms with Crippen LogP contribution >= 0.6 is 11.6 Å². The Labute approximate surface area is 127 Å². The molecule has 1 aliphatic rings. The maximum Gasteiger partial charge on any atom is 0.163 e. The van der Waals surface area contributed by atoms with E-state index in [1.807, 2.05) is 6.07 Å². The van der Waals surface area contributed by atoms with Crippen LogP contribution in [-0.2, 0) is 13.0 Å². The molecule has 0 amide bonds. The summed E-state index contributed by atoms with van der Waals surface area (Å²) in [4.78, 5) is 10.9. The van der Waals surface area contributed by atoms with Crippen LogP contribution in [0.25, 0.3) is 11.0 Å². The van der Waals surface area contributed by atoms with Gasteiger partial charge in [0.25, 0.3) is 0 Å². The number of rotatable bonds is 1. The van der Waals surface area contributed by atoms with Crippen molar-refractivity contribution < 1.29 is 0 Å². The molecule has 0 bridgehead atoms. The first kappa shape index (κ1) is 13.6. The third-order valence-corrected chi connectivity index (χ3v) is 3.93. The van der Waals surface area contributed by atoms with Crippen molar-refractivity contribution in [1.82, 2.24) is 14.9 Å². The summed E-state index contributed by atoms with van der Waals surface area (Å²) in [5.41, 5.74) is 9.56. The standard InChI is InChI=1S/C15H12ClN5/c1-2-4-21-5-3-12-11(8-21)13(18)10-6-9(7-17)14(16)20-15(10)19-12/h1,6H,3-5,8H2,(H2,18,19,20). The molecule has 0 saturated carbocycles. The van der Waals surface area contributed by atoms with Crippen LogP contribution in [0.15, 0.2) is 6.07 Å². The number of pyridine rings is 2. The first-order valence-electron chi connectivity index (χ1n) is 6.47. The molecule has 3 heterocycles. The minimum absolute atomic E-state index is 0.154. The normalized spacial score (nSPS) is 14.4. The van der Waals surface area contributed by atoms with E-state index in [1.165, 1.54) is 0 Å². The van der Waals surface area contributed by atoms with Gasteiger partial charge < -0.3 is 5.73 Å². The highest BCUT2D eigenvalue weighted by Gasteiger charge is 2.22. The molecule has 104 valence electrons. The fourth-order valence-electron chi connectivity index (χ4n) is 2.57. The van der Waals surface area contributed by atoms with Crippen LogP contribution < -0.4 is 5.73 Å². The van der Waals surface area contributed by atoms with Gasteiger partial charge in [-0.1, -0.05) is 17.5 Å². The highest BCUT2D eigenvalue weighted by molar-refractivity contribution is 6.31. The smallest absolute Gasteiger partial charge is 0.163 e. The lowest BCUT2D eigenvalue weighted by molar-refractivity contribution is 0.285. The van der Waals surface area contributed by atoms with Gasteiger partial charge in [0.05, 0.1) is 17.8 Å². The van der Waals surface area contributed by atoms with E-state index in [0.29, 0.717) is 35.4 Å². The van der Waals surface area contributed by atoms with Gasteiger partial charge in [0.2, 0.25) is 0 Å². The summed E-state index contributed by atoms with van der Waals surface area (Å²) in [7, 11) is 0. The van der Waals surface area contributed by atoms with E-state index >= 15 is 0 Å². The predicted molar refractivity (Wildman–Crippen MR) is 81.5 cm³/mol. The second kappa shape index (κ2) is 5.21. The maximum atomic E-state index is 9.05. The highest BCUT2D eigenvalue weighted by Crippen LogP contribution is 2.31. The van der Waals surface area contributed by atoms with Gasteiger partial charge in [-0.3, -0.25) is 4.90 Å². The van der Waals surface area contributed by atoms with E-state index in [4.69, 9.17) is 29.0 Å². The first-order valence-corrected chi connectivity index (χ1v) is 6.85. The molecule has 0 unspecified atom stereocenters. The molecule has 2 aromatic rings. The minimum atomic E-state index is 0.154. The molecule has 6 heteroatoms. The van der Waals surface area contributed by atoms with E-state index in [2.05, 4.69) is 20.8 Å². The Balaban J connectivity index is 2.18. The van der Waals surface area contributed by atoms with E-state index < -0.39 is 0 Å². The monoisotopic (exact) mass is 297 g/mol. The number of terminal acetylenes is 1. The average molecular weight is 298 g/mol. The van der Waals surface area contributed by atoms with Crippen molar-refractivity contribution in [3.63, 3.8) is 0 Å². The Bertz CT molecular complexity index is 816. The first-order chi connectivity index (χ1) is 10.1. The Kier molecular flexibility index (Phi) is 3.39. The number of nitrogen functional groups attached to an aromatic ring is 1. The summed E-state index contributed by atoms with van der Waals surface area (Å²) in [5, 5.41) is 9.87. The summed E-state index contributed by atoms with van der Waals surface area (Å²) >= 11 is 5.96. The fraction of sp³-hybridized carbons (Fsp3) is 0.267. The molecule has 3 rings (SSSR count). The zero-order valence-electron chi connectivity index (χ0n) is 11.2. The van der Waals surface area contributed by atoms with Gasteiger partial charge in [0.1, 0.15) is 11.2 Å². The van der Waals surface area contributed by atoms with Gasteiger partial charge in [0.15, 0.2) is 5.65 Å². The number of aromatic nitrogens is 2. The van der Waals surface area contributed by atoms with Crippen LogP contribution in [0, 0.1) is 23.7 Å². The summed E-state index contributed by atoms with van der Waals surface area (Å²) in [6.07, 6.45) is 6.14. The molecular formula is C15H12ClN5. The van der Waals surface area contributed by atoms with Crippen molar-refractivity contribution >= 4 is 28.3 Å². The van der Waals surface area contributed by atoms with E-state index in [0.717, 1.165) is 24.2 Å². The lowest BCUT2D eigenvalue weighted by atomic mass is 10.0. The second-order valence-corrected chi connectivity index (χ2v) is 5.28. The summed E-state index contributed by atoms with van der Waals surface area (Å²) in [6.45, 7) is 2.09. The Morgan fingerprint density at radius 1 is 1.48 bits per heavy atom. The molecule has 1 aliphatic heterocycles. The lowest BCUT2D eigenvalue weighted by Crippen LogP contribution is -2.32. The van der Waals surface area contributed by atoms with Gasteiger partial charge in [-0.25, -0.2) is 9.97 Å². The molecule has 0 spiro atoms. The molecule has 0 aromatic carbocycles. The zero-order chi connectivity index (χ0) is 15.0. The molecule has 5 nitrogen and oxygen atoms in total. The quantitative estimate of drug-likeness (QED) is 0.640. The Morgan fingerprint density at radius 2 is 2.29 bits per heavy atom. The predicted octanol–water partition coefficient (Wildman–Crippen LogP) is 1.73. The van der Waals surface area contributed by atoms with Crippen LogP contribution in [-0.4, -0.2) is 28.0 Å². The van der Waals surface area contributed by atoms with E-state index in [-0.39, 0.29) is 5.15 Å². The van der Waals surface area contributed by atoms with Gasteiger partial charge in [0, 0.05) is 36.1 Å². The molecule has 0 atom stereocenters. The van der Waals surface area contributed by atoms with E-state index in [9.17, 15) is 0 Å². The molecule has 2 N–H and O–H groups in total. The average Bonchev–Trinajstić information content (AvgIpc) is 2.48. The summed E-state index contributed by atoms with van der Waals surface area (Å²) in [6, 6.07) is 3.66. The van der Waals surface area contributed by atoms with Crippen molar-refractivity contribution in [2.45, 2.75) is 13.0 Å². The fourth-order valence-corrected chi connectivity index (χ4v) is 2.75. The SMILES string of the molecule is C#CCN1CCc2nc3nc(Cl)c(C#N)cc3c(N)c2C1. The number of fused-ring (bicyclic) bond motifs is 2. The molecule has 0 aliphatic carbocycles. The van der Waals surface area contributed by atoms with Crippen molar-refractivity contribution in [3.8, 4) is 18.4 Å². The summed E-state index contributed by atoms with van der Waals surface area (Å²) in [5.74, 6) is 2.64. The molecule has 0 fully saturated rings. The van der Waals surface area contributed by atoms with Crippen LogP contribution in [0.3, 0.4) is 0 Å². The number of nitrogens with zero attached hydrogens (tertiary/aromatic N) is 4. The second-order valence-electron chi connectivity index (χ2n) is 4.93. The highest BCUT2D eigenvalue weighted by atomic mass is 35.5. The number of nitrogens with two attached hydrogens (primary N) is 1. The molecule has 0 radical (unpaired) electrons. The third kappa shape index (κ3) is 2.27. The van der Waals surface area contributed by atoms with Crippen molar-refractivity contribution in [3.05, 3.63) is 28.0 Å². The molecule has 21 heavy (non-hydrogen) atoms. The van der Waals surface area contributed by atoms with Crippen molar-refractivity contribution in [2.24, 2.45) is 0 Å². The number of hydrogen-bond donors (Lipinski definition) is 1. The van der Waals surface area contributed by atoms with Crippen molar-refractivity contribution in [1.29, 1.82) is 5.26 Å². The minimum Gasteiger partial charge on any atom is -0.398 e. The molecule has 0 saturated heterocycles. The third-order valence-electron chi connectivity index (χ3n) is 3.64. The zero-order valence-corrected chi connectivity index (χ0v) is 12.0. The summed E-state index contributed by atoms with van der Waals surface area (Å²) < 4.78 is 0. The van der Waals surface area contributed by atoms with Gasteiger partial charge in [-0.15, -0.1) is 6.42 Å². The number of hydrogen-bond acceptors (Lipinski definition) is 5. The molecular weight excluding hydrogens is 286 g/mol. The van der Waals surface area contributed by atoms with Gasteiger partial charge in [-0.05, 0) is 6.07 Å². The van der Waals surface area contributed by atoms with Crippen LogP contribution in [0.2, 0.25) is 5.15 Å². The maximum absolute atomic E-state index is 9.05. The largest absolute Gasteiger partial charge is 0.398 e. The Morgan fingerprint density at radius 3 is 3.00 bits per heavy atom. The van der Waals surface area contributed by atoms with Gasteiger partial charge >= 0.3 is 0 Å². The van der Waals surface area contributed by atoms with Crippen LogP contribution in [0.4, 0.5) is 5.69 Å². The van der Waals surface area contributed by atoms with E-state index in [1.54, 1.807) is 6.07 Å². The van der Waals surface area contributed by atoms with Gasteiger partial charge in [-0.2, -0.15) is 5.26 Å². The number of nitriles is 1. The topological polar surface area (TPSA) is 78.8 Å². The van der Waals surface area contributed by atoms with Crippen LogP contribution in [0.5, 0.6) is 0 Å². The van der Waals surface area contributed by atoms with Crippen molar-refractivity contribution in [2.75, 3.05) is 18.8 Å². The van der Waals surface area contributed by atoms with Crippen LogP contribution in [0.1, 0.15) is 16.8 Å². The Hall–Kier alpha value is -2.34. The number of halogens is 1. The molecule has 2 aromatic heterocycles.